The minimum absolute atomic E-state index is 0.117. The lowest BCUT2D eigenvalue weighted by molar-refractivity contribution is -0.138. The zero-order valence-electron chi connectivity index (χ0n) is 9.34. The molecule has 1 aromatic rings. The number of sulfonamides is 1. The first-order valence-corrected chi connectivity index (χ1v) is 7.16. The Morgan fingerprint density at radius 3 is 2.72 bits per heavy atom. The monoisotopic (exact) mass is 292 g/mol. The lowest BCUT2D eigenvalue weighted by atomic mass is 10.1. The van der Waals surface area contributed by atoms with Crippen LogP contribution in [0.5, 0.6) is 0 Å². The molecule has 100 valence electrons. The molecule has 1 atom stereocenters. The predicted molar refractivity (Wildman–Crippen MR) is 69.0 cm³/mol. The van der Waals surface area contributed by atoms with E-state index in [4.69, 9.17) is 22.4 Å². The highest BCUT2D eigenvalue weighted by Gasteiger charge is 2.13. The number of anilines is 1. The van der Waals surface area contributed by atoms with E-state index in [1.165, 1.54) is 6.07 Å². The van der Waals surface area contributed by atoms with Gasteiger partial charge >= 0.3 is 5.97 Å². The van der Waals surface area contributed by atoms with E-state index in [0.717, 1.165) is 0 Å². The van der Waals surface area contributed by atoms with Gasteiger partial charge < -0.3 is 10.8 Å². The van der Waals surface area contributed by atoms with Gasteiger partial charge in [-0.25, -0.2) is 8.42 Å². The van der Waals surface area contributed by atoms with E-state index in [-0.39, 0.29) is 6.42 Å². The maximum Gasteiger partial charge on any atom is 0.320 e. The van der Waals surface area contributed by atoms with Crippen molar-refractivity contribution in [3.8, 4) is 0 Å². The van der Waals surface area contributed by atoms with E-state index in [0.29, 0.717) is 11.3 Å². The topological polar surface area (TPSA) is 109 Å². The fourth-order valence-corrected chi connectivity index (χ4v) is 2.01. The Morgan fingerprint density at radius 2 is 2.17 bits per heavy atom. The Hall–Kier alpha value is -1.31. The van der Waals surface area contributed by atoms with Gasteiger partial charge in [0, 0.05) is 5.69 Å². The molecule has 0 heterocycles. The first-order chi connectivity index (χ1) is 8.34. The number of aliphatic carboxylic acids is 1. The number of carboxylic acid groups (broad SMARTS) is 1. The lowest BCUT2D eigenvalue weighted by Gasteiger charge is -2.09. The summed E-state index contributed by atoms with van der Waals surface area (Å²) in [5, 5.41) is 8.13. The second kappa shape index (κ2) is 6.03. The second-order valence-corrected chi connectivity index (χ2v) is 5.98. The summed E-state index contributed by atoms with van der Waals surface area (Å²) in [7, 11) is -3.57. The summed E-state index contributed by atoms with van der Waals surface area (Å²) >= 11 is 5.26. The van der Waals surface area contributed by atoms with Crippen LogP contribution >= 0.6 is 11.6 Å². The number of nitrogens with one attached hydrogen (secondary N) is 1. The van der Waals surface area contributed by atoms with Crippen LogP contribution in [0.4, 0.5) is 5.69 Å². The van der Waals surface area contributed by atoms with Crippen LogP contribution in [0.15, 0.2) is 24.3 Å². The number of benzene rings is 1. The SMILES string of the molecule is NC(Cc1cccc(NS(=O)(=O)CCl)c1)C(=O)O. The molecule has 0 saturated carbocycles. The van der Waals surface area contributed by atoms with Gasteiger partial charge in [0.05, 0.1) is 0 Å². The number of nitrogens with two attached hydrogens (primary N) is 1. The Balaban J connectivity index is 2.83. The molecule has 1 rings (SSSR count). The highest BCUT2D eigenvalue weighted by molar-refractivity contribution is 7.93. The Morgan fingerprint density at radius 1 is 1.50 bits per heavy atom. The van der Waals surface area contributed by atoms with Crippen molar-refractivity contribution < 1.29 is 18.3 Å². The highest BCUT2D eigenvalue weighted by Crippen LogP contribution is 2.14. The molecule has 18 heavy (non-hydrogen) atoms. The van der Waals surface area contributed by atoms with E-state index < -0.39 is 27.2 Å². The van der Waals surface area contributed by atoms with Gasteiger partial charge in [-0.3, -0.25) is 9.52 Å². The molecule has 1 aromatic carbocycles. The van der Waals surface area contributed by atoms with Crippen LogP contribution in [0.2, 0.25) is 0 Å². The largest absolute Gasteiger partial charge is 0.480 e. The van der Waals surface area contributed by atoms with Crippen LogP contribution in [0.25, 0.3) is 0 Å². The molecule has 0 aliphatic rings. The summed E-state index contributed by atoms with van der Waals surface area (Å²) in [4.78, 5) is 10.6. The van der Waals surface area contributed by atoms with Gasteiger partial charge in [-0.15, -0.1) is 11.6 Å². The maximum absolute atomic E-state index is 11.2. The van der Waals surface area contributed by atoms with Gasteiger partial charge in [0.15, 0.2) is 0 Å². The van der Waals surface area contributed by atoms with Crippen LogP contribution in [0.3, 0.4) is 0 Å². The molecule has 1 unspecified atom stereocenters. The van der Waals surface area contributed by atoms with Gasteiger partial charge in [0.1, 0.15) is 11.3 Å². The zero-order valence-corrected chi connectivity index (χ0v) is 10.9. The normalized spacial score (nSPS) is 13.0. The standard InChI is InChI=1S/C10H13ClN2O4S/c11-6-18(16,17)13-8-3-1-2-7(4-8)5-9(12)10(14)15/h1-4,9,13H,5-6,12H2,(H,14,15). The maximum atomic E-state index is 11.2. The Kier molecular flexibility index (Phi) is 4.94. The van der Waals surface area contributed by atoms with Gasteiger partial charge in [0.2, 0.25) is 10.0 Å². The van der Waals surface area contributed by atoms with Crippen LogP contribution in [-0.2, 0) is 21.2 Å². The van der Waals surface area contributed by atoms with Gasteiger partial charge in [-0.05, 0) is 24.1 Å². The number of carboxylic acids is 1. The molecule has 0 saturated heterocycles. The van der Waals surface area contributed by atoms with Crippen molar-refractivity contribution in [2.24, 2.45) is 5.73 Å². The second-order valence-electron chi connectivity index (χ2n) is 3.68. The molecular formula is C10H13ClN2O4S. The van der Waals surface area contributed by atoms with E-state index in [2.05, 4.69) is 4.72 Å². The molecule has 0 radical (unpaired) electrons. The summed E-state index contributed by atoms with van der Waals surface area (Å²) in [6.45, 7) is 0. The summed E-state index contributed by atoms with van der Waals surface area (Å²) in [5.74, 6) is -1.11. The number of halogens is 1. The predicted octanol–water partition coefficient (Wildman–Crippen LogP) is 0.579. The van der Waals surface area contributed by atoms with Gasteiger partial charge in [-0.1, -0.05) is 12.1 Å². The number of hydrogen-bond donors (Lipinski definition) is 3. The summed E-state index contributed by atoms with van der Waals surface area (Å²) in [6.07, 6.45) is 0.117. The third-order valence-corrected chi connectivity index (χ3v) is 3.81. The van der Waals surface area contributed by atoms with Crippen LogP contribution in [0.1, 0.15) is 5.56 Å². The fourth-order valence-electron chi connectivity index (χ4n) is 1.31. The average molecular weight is 293 g/mol. The van der Waals surface area contributed by atoms with Crippen LogP contribution < -0.4 is 10.5 Å². The minimum atomic E-state index is -3.57. The summed E-state index contributed by atoms with van der Waals surface area (Å²) in [6, 6.07) is 5.31. The van der Waals surface area contributed by atoms with Crippen molar-refractivity contribution in [2.75, 3.05) is 9.93 Å². The molecule has 0 spiro atoms. The Labute approximate surface area is 110 Å². The molecule has 4 N–H and O–H groups in total. The van der Waals surface area contributed by atoms with E-state index >= 15 is 0 Å². The molecule has 0 aromatic heterocycles. The molecular weight excluding hydrogens is 280 g/mol. The molecule has 0 bridgehead atoms. The molecule has 0 aliphatic carbocycles. The van der Waals surface area contributed by atoms with Gasteiger partial charge in [-0.2, -0.15) is 0 Å². The fraction of sp³-hybridized carbons (Fsp3) is 0.300. The molecule has 0 fully saturated rings. The van der Waals surface area contributed by atoms with Gasteiger partial charge in [0.25, 0.3) is 0 Å². The first kappa shape index (κ1) is 14.7. The van der Waals surface area contributed by atoms with E-state index in [1.54, 1.807) is 18.2 Å². The quantitative estimate of drug-likeness (QED) is 0.664. The first-order valence-electron chi connectivity index (χ1n) is 4.98. The molecule has 8 heteroatoms. The summed E-state index contributed by atoms with van der Waals surface area (Å²) in [5.41, 5.74) is 6.34. The molecule has 6 nitrogen and oxygen atoms in total. The van der Waals surface area contributed by atoms with Crippen molar-refractivity contribution in [1.82, 2.24) is 0 Å². The van der Waals surface area contributed by atoms with Crippen molar-refractivity contribution >= 4 is 33.3 Å². The number of hydrogen-bond acceptors (Lipinski definition) is 4. The number of rotatable bonds is 6. The molecule has 0 aliphatic heterocycles. The number of alkyl halides is 1. The van der Waals surface area contributed by atoms with Crippen molar-refractivity contribution in [3.05, 3.63) is 29.8 Å². The smallest absolute Gasteiger partial charge is 0.320 e. The molecule has 0 amide bonds. The number of carbonyl (C=O) groups is 1. The van der Waals surface area contributed by atoms with Crippen LogP contribution in [0, 0.1) is 0 Å². The zero-order chi connectivity index (χ0) is 13.8. The minimum Gasteiger partial charge on any atom is -0.480 e. The van der Waals surface area contributed by atoms with Crippen molar-refractivity contribution in [1.29, 1.82) is 0 Å². The van der Waals surface area contributed by atoms with Crippen molar-refractivity contribution in [3.63, 3.8) is 0 Å². The average Bonchev–Trinajstić information content (AvgIpc) is 2.28. The third-order valence-electron chi connectivity index (χ3n) is 2.12. The van der Waals surface area contributed by atoms with Crippen molar-refractivity contribution in [2.45, 2.75) is 12.5 Å². The van der Waals surface area contributed by atoms with Crippen LogP contribution in [-0.4, -0.2) is 30.7 Å². The highest BCUT2D eigenvalue weighted by atomic mass is 35.5. The third kappa shape index (κ3) is 4.52. The van der Waals surface area contributed by atoms with E-state index in [1.807, 2.05) is 0 Å². The van der Waals surface area contributed by atoms with E-state index in [9.17, 15) is 13.2 Å². The Bertz CT molecular complexity index is 532. The summed E-state index contributed by atoms with van der Waals surface area (Å²) < 4.78 is 24.8. The lowest BCUT2D eigenvalue weighted by Crippen LogP contribution is -2.32.